The maximum absolute atomic E-state index is 10.9. The molecular weight excluding hydrogens is 238 g/mol. The molecule has 0 bridgehead atoms. The Kier molecular flexibility index (Phi) is 4.65. The van der Waals surface area contributed by atoms with Crippen LogP contribution in [-0.4, -0.2) is 17.9 Å². The average Bonchev–Trinajstić information content (AvgIpc) is 2.36. The molecule has 1 amide bonds. The van der Waals surface area contributed by atoms with Crippen LogP contribution in [0.5, 0.6) is 0 Å². The predicted molar refractivity (Wildman–Crippen MR) is 65.6 cm³/mol. The minimum atomic E-state index is -0.650. The molecule has 1 rings (SSSR count). The van der Waals surface area contributed by atoms with Gasteiger partial charge in [-0.1, -0.05) is 12.0 Å². The molecule has 0 saturated heterocycles. The monoisotopic (exact) mass is 249 g/mol. The maximum atomic E-state index is 10.9. The second-order valence-electron chi connectivity index (χ2n) is 3.42. The Morgan fingerprint density at radius 2 is 2.33 bits per heavy atom. The molecule has 0 radical (unpaired) electrons. The van der Waals surface area contributed by atoms with Crippen LogP contribution in [-0.2, 0) is 4.79 Å². The van der Waals surface area contributed by atoms with Crippen LogP contribution in [0.15, 0.2) is 23.3 Å². The number of anilines is 1. The van der Waals surface area contributed by atoms with E-state index in [2.05, 4.69) is 10.0 Å². The largest absolute Gasteiger partial charge is 0.315 e. The van der Waals surface area contributed by atoms with Crippen molar-refractivity contribution in [2.24, 2.45) is 5.11 Å². The summed E-state index contributed by atoms with van der Waals surface area (Å²) in [7, 11) is 0. The van der Waals surface area contributed by atoms with Crippen LogP contribution in [0.4, 0.5) is 17.1 Å². The SMILES string of the molecule is CCCN(C=O)c1ccc(N=[N+]=[N-])c([N+](=O)[O-])c1. The molecule has 0 fully saturated rings. The van der Waals surface area contributed by atoms with Crippen molar-refractivity contribution < 1.29 is 9.72 Å². The van der Waals surface area contributed by atoms with Crippen molar-refractivity contribution in [3.8, 4) is 0 Å². The minimum absolute atomic E-state index is 0.0754. The van der Waals surface area contributed by atoms with E-state index in [1.165, 1.54) is 23.1 Å². The van der Waals surface area contributed by atoms with E-state index >= 15 is 0 Å². The van der Waals surface area contributed by atoms with E-state index in [4.69, 9.17) is 5.53 Å². The smallest absolute Gasteiger partial charge is 0.281 e. The summed E-state index contributed by atoms with van der Waals surface area (Å²) in [5.74, 6) is 0. The first-order chi connectivity index (χ1) is 8.63. The lowest BCUT2D eigenvalue weighted by molar-refractivity contribution is -0.384. The summed E-state index contributed by atoms with van der Waals surface area (Å²) in [5.41, 5.74) is 8.30. The lowest BCUT2D eigenvalue weighted by atomic mass is 10.2. The Labute approximate surface area is 103 Å². The maximum Gasteiger partial charge on any atom is 0.281 e. The topological polar surface area (TPSA) is 112 Å². The summed E-state index contributed by atoms with van der Waals surface area (Å²) in [6.45, 7) is 2.35. The quantitative estimate of drug-likeness (QED) is 0.193. The molecule has 1 aromatic rings. The molecule has 0 aliphatic heterocycles. The number of nitro benzene ring substituents is 1. The molecule has 8 nitrogen and oxygen atoms in total. The molecule has 0 saturated carbocycles. The molecule has 94 valence electrons. The summed E-state index contributed by atoms with van der Waals surface area (Å²) >= 11 is 0. The van der Waals surface area contributed by atoms with Gasteiger partial charge in [0.2, 0.25) is 6.41 Å². The standard InChI is InChI=1S/C10H11N5O3/c1-2-5-14(7-16)8-3-4-9(12-13-11)10(6-8)15(17)18/h3-4,6-7H,2,5H2,1H3. The number of carbonyl (C=O) groups excluding carboxylic acids is 1. The molecule has 0 aliphatic carbocycles. The molecule has 8 heteroatoms. The lowest BCUT2D eigenvalue weighted by Gasteiger charge is -2.16. The van der Waals surface area contributed by atoms with Crippen LogP contribution in [0, 0.1) is 10.1 Å². The second kappa shape index (κ2) is 6.21. The third kappa shape index (κ3) is 2.96. The number of amides is 1. The van der Waals surface area contributed by atoms with Crippen LogP contribution in [0.25, 0.3) is 10.4 Å². The molecule has 0 unspecified atom stereocenters. The fraction of sp³-hybridized carbons (Fsp3) is 0.300. The van der Waals surface area contributed by atoms with Crippen LogP contribution in [0.1, 0.15) is 13.3 Å². The highest BCUT2D eigenvalue weighted by molar-refractivity contribution is 5.78. The van der Waals surface area contributed by atoms with Gasteiger partial charge in [0.05, 0.1) is 10.6 Å². The Hall–Kier alpha value is -2.60. The number of nitro groups is 1. The van der Waals surface area contributed by atoms with Crippen LogP contribution in [0.3, 0.4) is 0 Å². The van der Waals surface area contributed by atoms with E-state index in [-0.39, 0.29) is 11.4 Å². The van der Waals surface area contributed by atoms with Crippen molar-refractivity contribution in [3.05, 3.63) is 38.8 Å². The second-order valence-corrected chi connectivity index (χ2v) is 3.42. The molecule has 0 aliphatic rings. The molecule has 0 atom stereocenters. The molecule has 0 N–H and O–H groups in total. The first-order valence-electron chi connectivity index (χ1n) is 5.19. The summed E-state index contributed by atoms with van der Waals surface area (Å²) < 4.78 is 0. The van der Waals surface area contributed by atoms with Gasteiger partial charge in [-0.2, -0.15) is 0 Å². The third-order valence-electron chi connectivity index (χ3n) is 2.23. The average molecular weight is 249 g/mol. The zero-order chi connectivity index (χ0) is 13.5. The van der Waals surface area contributed by atoms with Crippen LogP contribution >= 0.6 is 0 Å². The molecule has 0 heterocycles. The van der Waals surface area contributed by atoms with E-state index < -0.39 is 4.92 Å². The van der Waals surface area contributed by atoms with Gasteiger partial charge in [0.15, 0.2) is 0 Å². The van der Waals surface area contributed by atoms with Gasteiger partial charge in [0.1, 0.15) is 5.69 Å². The van der Waals surface area contributed by atoms with Gasteiger partial charge >= 0.3 is 0 Å². The van der Waals surface area contributed by atoms with Crippen molar-refractivity contribution in [3.63, 3.8) is 0 Å². The predicted octanol–water partition coefficient (Wildman–Crippen LogP) is 2.91. The third-order valence-corrected chi connectivity index (χ3v) is 2.23. The van der Waals surface area contributed by atoms with E-state index in [0.717, 1.165) is 6.42 Å². The number of benzene rings is 1. The zero-order valence-electron chi connectivity index (χ0n) is 9.68. The van der Waals surface area contributed by atoms with E-state index in [9.17, 15) is 14.9 Å². The molecule has 0 spiro atoms. The van der Waals surface area contributed by atoms with Gasteiger partial charge in [-0.15, -0.1) is 0 Å². The van der Waals surface area contributed by atoms with Crippen LogP contribution < -0.4 is 4.90 Å². The number of hydrogen-bond donors (Lipinski definition) is 0. The van der Waals surface area contributed by atoms with Gasteiger partial charge < -0.3 is 4.90 Å². The highest BCUT2D eigenvalue weighted by Crippen LogP contribution is 2.31. The molecule has 1 aromatic carbocycles. The number of hydrogen-bond acceptors (Lipinski definition) is 4. The summed E-state index contributed by atoms with van der Waals surface area (Å²) in [5, 5.41) is 14.1. The first kappa shape index (κ1) is 13.5. The summed E-state index contributed by atoms with van der Waals surface area (Å²) in [6, 6.07) is 4.04. The van der Waals surface area contributed by atoms with Crippen molar-refractivity contribution in [2.45, 2.75) is 13.3 Å². The molecule has 18 heavy (non-hydrogen) atoms. The molecular formula is C10H11N5O3. The Balaban J connectivity index is 3.25. The zero-order valence-corrected chi connectivity index (χ0v) is 9.68. The van der Waals surface area contributed by atoms with Gasteiger partial charge in [-0.3, -0.25) is 14.9 Å². The fourth-order valence-corrected chi connectivity index (χ4v) is 1.45. The van der Waals surface area contributed by atoms with Gasteiger partial charge in [0, 0.05) is 17.5 Å². The van der Waals surface area contributed by atoms with Gasteiger partial charge in [-0.25, -0.2) is 0 Å². The Morgan fingerprint density at radius 1 is 1.61 bits per heavy atom. The summed E-state index contributed by atoms with van der Waals surface area (Å²) in [6.07, 6.45) is 1.33. The van der Waals surface area contributed by atoms with Crippen molar-refractivity contribution in [1.82, 2.24) is 0 Å². The van der Waals surface area contributed by atoms with Gasteiger partial charge in [0.25, 0.3) is 5.69 Å². The normalized spacial score (nSPS) is 9.39. The van der Waals surface area contributed by atoms with Crippen molar-refractivity contribution >= 4 is 23.5 Å². The number of rotatable bonds is 6. The van der Waals surface area contributed by atoms with Crippen LogP contribution in [0.2, 0.25) is 0 Å². The van der Waals surface area contributed by atoms with E-state index in [1.807, 2.05) is 6.92 Å². The highest BCUT2D eigenvalue weighted by Gasteiger charge is 2.15. The first-order valence-corrected chi connectivity index (χ1v) is 5.19. The fourth-order valence-electron chi connectivity index (χ4n) is 1.45. The molecule has 0 aromatic heterocycles. The van der Waals surface area contributed by atoms with Crippen molar-refractivity contribution in [1.29, 1.82) is 0 Å². The minimum Gasteiger partial charge on any atom is -0.315 e. The number of azide groups is 1. The lowest BCUT2D eigenvalue weighted by Crippen LogP contribution is -2.21. The van der Waals surface area contributed by atoms with Crippen molar-refractivity contribution in [2.75, 3.05) is 11.4 Å². The number of carbonyl (C=O) groups is 1. The Morgan fingerprint density at radius 3 is 2.83 bits per heavy atom. The van der Waals surface area contributed by atoms with Gasteiger partial charge in [-0.05, 0) is 24.1 Å². The van der Waals surface area contributed by atoms with E-state index in [1.54, 1.807) is 0 Å². The van der Waals surface area contributed by atoms with E-state index in [0.29, 0.717) is 18.6 Å². The Bertz CT molecular complexity index is 510. The highest BCUT2D eigenvalue weighted by atomic mass is 16.6. The summed E-state index contributed by atoms with van der Waals surface area (Å²) in [4.78, 5) is 24.9. The number of nitrogens with zero attached hydrogens (tertiary/aromatic N) is 5.